The molecule has 0 heterocycles. The Bertz CT molecular complexity index is 712. The fourth-order valence-electron chi connectivity index (χ4n) is 2.80. The third-order valence-corrected chi connectivity index (χ3v) is 8.67. The fourth-order valence-corrected chi connectivity index (χ4v) is 6.88. The minimum absolute atomic E-state index is 0.00236. The van der Waals surface area contributed by atoms with Gasteiger partial charge in [-0.1, -0.05) is 19.4 Å². The van der Waals surface area contributed by atoms with E-state index in [2.05, 4.69) is 6.58 Å². The molecule has 0 aromatic heterocycles. The molecule has 2 atom stereocenters. The van der Waals surface area contributed by atoms with Crippen molar-refractivity contribution in [2.75, 3.05) is 0 Å². The summed E-state index contributed by atoms with van der Waals surface area (Å²) in [4.78, 5) is 11.4. The third kappa shape index (κ3) is 4.32. The Balaban J connectivity index is 3.58. The number of carbonyl (C=O) groups is 1. The largest absolute Gasteiger partial charge is 0.498 e. The molecule has 0 aliphatic heterocycles. The van der Waals surface area contributed by atoms with Gasteiger partial charge in [-0.3, -0.25) is 4.79 Å². The van der Waals surface area contributed by atoms with E-state index in [4.69, 9.17) is 0 Å². The quantitative estimate of drug-likeness (QED) is 0.531. The summed E-state index contributed by atoms with van der Waals surface area (Å²) in [6.45, 7) is 3.06. The molecule has 1 amide bonds. The number of rotatable bonds is 5. The standard InChI is InChI=1S/C12H15F6NO5S2/c1-2-9(20)19-8-6-4-3-5-7(8)10(25(21,22)11(13,14)15)26(23,24)12(16,17)18/h2,7-8,10H,1,3-6H2,(H,19,20). The number of sulfone groups is 2. The molecule has 1 N–H and O–H groups in total. The molecule has 0 aromatic carbocycles. The summed E-state index contributed by atoms with van der Waals surface area (Å²) >= 11 is 0. The summed E-state index contributed by atoms with van der Waals surface area (Å²) in [7, 11) is -13.5. The monoisotopic (exact) mass is 431 g/mol. The van der Waals surface area contributed by atoms with E-state index in [-0.39, 0.29) is 19.3 Å². The summed E-state index contributed by atoms with van der Waals surface area (Å²) in [5.41, 5.74) is -12.4. The Morgan fingerprint density at radius 3 is 1.77 bits per heavy atom. The molecule has 1 fully saturated rings. The molecular weight excluding hydrogens is 416 g/mol. The number of carbonyl (C=O) groups excluding carboxylic acids is 1. The number of hydrogen-bond acceptors (Lipinski definition) is 5. The van der Waals surface area contributed by atoms with Crippen LogP contribution >= 0.6 is 0 Å². The number of halogens is 6. The van der Waals surface area contributed by atoms with Gasteiger partial charge in [-0.05, 0) is 18.9 Å². The number of alkyl halides is 6. The summed E-state index contributed by atoms with van der Waals surface area (Å²) < 4.78 is 120. The Morgan fingerprint density at radius 1 is 0.962 bits per heavy atom. The average Bonchev–Trinajstić information content (AvgIpc) is 2.46. The SMILES string of the molecule is C=CC(=O)NC1CCCCC1C(S(=O)(=O)C(F)(F)F)S(=O)(=O)C(F)(F)F. The van der Waals surface area contributed by atoms with Crippen LogP contribution in [0.3, 0.4) is 0 Å². The van der Waals surface area contributed by atoms with E-state index in [1.807, 2.05) is 5.32 Å². The molecule has 2 unspecified atom stereocenters. The molecule has 0 radical (unpaired) electrons. The van der Waals surface area contributed by atoms with Gasteiger partial charge < -0.3 is 5.32 Å². The van der Waals surface area contributed by atoms with Crippen molar-refractivity contribution in [2.45, 2.75) is 47.3 Å². The predicted octanol–water partition coefficient (Wildman–Crippen LogP) is 2.04. The van der Waals surface area contributed by atoms with Gasteiger partial charge in [-0.25, -0.2) is 16.8 Å². The second kappa shape index (κ2) is 7.37. The zero-order chi connectivity index (χ0) is 20.6. The van der Waals surface area contributed by atoms with E-state index in [1.165, 1.54) is 0 Å². The third-order valence-electron chi connectivity index (χ3n) is 3.94. The Morgan fingerprint density at radius 2 is 1.38 bits per heavy atom. The minimum atomic E-state index is -6.74. The van der Waals surface area contributed by atoms with Crippen LogP contribution in [-0.2, 0) is 24.5 Å². The highest BCUT2D eigenvalue weighted by Gasteiger charge is 2.66. The summed E-state index contributed by atoms with van der Waals surface area (Å²) in [6.07, 6.45) is 0.196. The van der Waals surface area contributed by atoms with Crippen LogP contribution in [0.15, 0.2) is 12.7 Å². The maximum absolute atomic E-state index is 12.9. The van der Waals surface area contributed by atoms with Crippen molar-refractivity contribution in [1.82, 2.24) is 5.32 Å². The van der Waals surface area contributed by atoms with Gasteiger partial charge >= 0.3 is 11.0 Å². The predicted molar refractivity (Wildman–Crippen MR) is 77.8 cm³/mol. The molecule has 1 aliphatic carbocycles. The smallest absolute Gasteiger partial charge is 0.349 e. The molecule has 14 heteroatoms. The normalized spacial score (nSPS) is 22.9. The fraction of sp³-hybridized carbons (Fsp3) is 0.750. The molecule has 0 aromatic rings. The van der Waals surface area contributed by atoms with Crippen molar-refractivity contribution in [3.05, 3.63) is 12.7 Å². The van der Waals surface area contributed by atoms with Crippen LogP contribution in [0.25, 0.3) is 0 Å². The second-order valence-electron chi connectivity index (χ2n) is 5.62. The zero-order valence-electron chi connectivity index (χ0n) is 13.0. The first-order chi connectivity index (χ1) is 11.6. The highest BCUT2D eigenvalue weighted by molar-refractivity contribution is 8.09. The first kappa shape index (κ1) is 22.7. The molecule has 1 aliphatic rings. The summed E-state index contributed by atoms with van der Waals surface area (Å²) in [6, 6.07) is -1.51. The Kier molecular flexibility index (Phi) is 6.44. The van der Waals surface area contributed by atoms with Crippen molar-refractivity contribution in [1.29, 1.82) is 0 Å². The molecule has 152 valence electrons. The van der Waals surface area contributed by atoms with Crippen LogP contribution in [0.2, 0.25) is 0 Å². The minimum Gasteiger partial charge on any atom is -0.349 e. The Hall–Kier alpha value is -1.31. The van der Waals surface area contributed by atoms with E-state index in [1.54, 1.807) is 0 Å². The van der Waals surface area contributed by atoms with Gasteiger partial charge in [0.05, 0.1) is 0 Å². The van der Waals surface area contributed by atoms with Gasteiger partial charge in [0.25, 0.3) is 19.7 Å². The topological polar surface area (TPSA) is 97.4 Å². The molecule has 1 saturated carbocycles. The van der Waals surface area contributed by atoms with Crippen molar-refractivity contribution in [3.8, 4) is 0 Å². The lowest BCUT2D eigenvalue weighted by atomic mass is 9.85. The molecule has 0 spiro atoms. The molecule has 0 saturated heterocycles. The van der Waals surface area contributed by atoms with Crippen LogP contribution < -0.4 is 5.32 Å². The van der Waals surface area contributed by atoms with E-state index in [0.717, 1.165) is 0 Å². The van der Waals surface area contributed by atoms with Gasteiger partial charge in [0.15, 0.2) is 4.58 Å². The second-order valence-corrected chi connectivity index (χ2v) is 10.0. The highest BCUT2D eigenvalue weighted by atomic mass is 32.3. The highest BCUT2D eigenvalue weighted by Crippen LogP contribution is 2.43. The molecule has 26 heavy (non-hydrogen) atoms. The maximum Gasteiger partial charge on any atom is 0.498 e. The molecule has 0 bridgehead atoms. The molecular formula is C12H15F6NO5S2. The van der Waals surface area contributed by atoms with Crippen molar-refractivity contribution in [2.24, 2.45) is 5.92 Å². The Labute approximate surface area is 145 Å². The van der Waals surface area contributed by atoms with Gasteiger partial charge in [0, 0.05) is 12.0 Å². The first-order valence-electron chi connectivity index (χ1n) is 7.10. The zero-order valence-corrected chi connectivity index (χ0v) is 14.6. The van der Waals surface area contributed by atoms with Crippen LogP contribution in [0.1, 0.15) is 25.7 Å². The van der Waals surface area contributed by atoms with Gasteiger partial charge in [0.2, 0.25) is 5.91 Å². The van der Waals surface area contributed by atoms with Crippen LogP contribution in [0.5, 0.6) is 0 Å². The average molecular weight is 431 g/mol. The molecule has 6 nitrogen and oxygen atoms in total. The number of amides is 1. The van der Waals surface area contributed by atoms with Crippen LogP contribution in [-0.4, -0.2) is 44.4 Å². The molecule has 1 rings (SSSR count). The first-order valence-corrected chi connectivity index (χ1v) is 10.2. The lowest BCUT2D eigenvalue weighted by Crippen LogP contribution is -2.55. The summed E-state index contributed by atoms with van der Waals surface area (Å²) in [5, 5.41) is 2.03. The van der Waals surface area contributed by atoms with Gasteiger partial charge in [-0.15, -0.1) is 0 Å². The van der Waals surface area contributed by atoms with E-state index in [9.17, 15) is 48.0 Å². The van der Waals surface area contributed by atoms with Gasteiger partial charge in [0.1, 0.15) is 0 Å². The van der Waals surface area contributed by atoms with E-state index in [0.29, 0.717) is 6.08 Å². The summed E-state index contributed by atoms with van der Waals surface area (Å²) in [5.74, 6) is -3.10. The van der Waals surface area contributed by atoms with Crippen LogP contribution in [0, 0.1) is 5.92 Å². The number of nitrogens with one attached hydrogen (secondary N) is 1. The van der Waals surface area contributed by atoms with Crippen molar-refractivity contribution in [3.63, 3.8) is 0 Å². The lowest BCUT2D eigenvalue weighted by molar-refractivity contribution is -0.117. The lowest BCUT2D eigenvalue weighted by Gasteiger charge is -2.36. The van der Waals surface area contributed by atoms with E-state index < -0.39 is 59.6 Å². The van der Waals surface area contributed by atoms with Crippen molar-refractivity contribution >= 4 is 25.6 Å². The van der Waals surface area contributed by atoms with Crippen LogP contribution in [0.4, 0.5) is 26.3 Å². The number of hydrogen-bond donors (Lipinski definition) is 1. The van der Waals surface area contributed by atoms with Crippen molar-refractivity contribution < 1.29 is 48.0 Å². The maximum atomic E-state index is 12.9. The van der Waals surface area contributed by atoms with Gasteiger partial charge in [-0.2, -0.15) is 26.3 Å². The van der Waals surface area contributed by atoms with E-state index >= 15 is 0 Å².